The predicted octanol–water partition coefficient (Wildman–Crippen LogP) is 2.66. The summed E-state index contributed by atoms with van der Waals surface area (Å²) in [5.41, 5.74) is 2.82. The molecule has 0 amide bonds. The van der Waals surface area contributed by atoms with E-state index in [2.05, 4.69) is 0 Å². The molecule has 3 heteroatoms. The highest BCUT2D eigenvalue weighted by Crippen LogP contribution is 2.25. The van der Waals surface area contributed by atoms with Gasteiger partial charge in [0.25, 0.3) is 0 Å². The normalized spacial score (nSPS) is 12.4. The number of phenols is 1. The first-order valence-corrected chi connectivity index (χ1v) is 5.48. The number of phenolic OH excluding ortho intramolecular Hbond substituents is 1. The smallest absolute Gasteiger partial charge is 0.306 e. The molecule has 1 rings (SSSR count). The number of hydrogen-bond acceptors (Lipinski definition) is 2. The van der Waals surface area contributed by atoms with Crippen LogP contribution in [0, 0.1) is 19.8 Å². The van der Waals surface area contributed by atoms with Crippen LogP contribution >= 0.6 is 0 Å². The second kappa shape index (κ2) is 5.01. The second-order valence-electron chi connectivity index (χ2n) is 4.14. The van der Waals surface area contributed by atoms with Crippen molar-refractivity contribution in [2.75, 3.05) is 0 Å². The van der Waals surface area contributed by atoms with Crippen LogP contribution in [0.15, 0.2) is 12.1 Å². The third-order valence-electron chi connectivity index (χ3n) is 3.18. The lowest BCUT2D eigenvalue weighted by molar-refractivity contribution is -0.141. The number of hydrogen-bond donors (Lipinski definition) is 2. The lowest BCUT2D eigenvalue weighted by Gasteiger charge is -2.14. The molecule has 1 unspecified atom stereocenters. The van der Waals surface area contributed by atoms with Crippen molar-refractivity contribution in [1.29, 1.82) is 0 Å². The molecule has 0 aliphatic carbocycles. The van der Waals surface area contributed by atoms with E-state index in [9.17, 15) is 9.90 Å². The van der Waals surface area contributed by atoms with E-state index >= 15 is 0 Å². The van der Waals surface area contributed by atoms with Gasteiger partial charge >= 0.3 is 5.97 Å². The zero-order valence-corrected chi connectivity index (χ0v) is 9.95. The Bertz CT molecular complexity index is 396. The van der Waals surface area contributed by atoms with Gasteiger partial charge in [-0.1, -0.05) is 13.0 Å². The van der Waals surface area contributed by atoms with Crippen LogP contribution in [0.5, 0.6) is 5.75 Å². The van der Waals surface area contributed by atoms with Crippen molar-refractivity contribution in [2.24, 2.45) is 5.92 Å². The highest BCUT2D eigenvalue weighted by atomic mass is 16.4. The van der Waals surface area contributed by atoms with Crippen LogP contribution in [0.1, 0.15) is 30.0 Å². The molecule has 16 heavy (non-hydrogen) atoms. The maximum Gasteiger partial charge on any atom is 0.306 e. The summed E-state index contributed by atoms with van der Waals surface area (Å²) in [4.78, 5) is 10.9. The van der Waals surface area contributed by atoms with Gasteiger partial charge in [-0.2, -0.15) is 0 Å². The minimum atomic E-state index is -0.757. The zero-order chi connectivity index (χ0) is 12.3. The first kappa shape index (κ1) is 12.6. The molecule has 0 bridgehead atoms. The monoisotopic (exact) mass is 222 g/mol. The molecule has 0 heterocycles. The van der Waals surface area contributed by atoms with Gasteiger partial charge in [-0.05, 0) is 49.4 Å². The molecule has 1 aromatic carbocycles. The highest BCUT2D eigenvalue weighted by molar-refractivity contribution is 5.70. The standard InChI is InChI=1S/C13H18O3/c1-4-10(13(15)16)7-11-5-6-12(14)9(3)8(11)2/h5-6,10,14H,4,7H2,1-3H3,(H,15,16). The Morgan fingerprint density at radius 1 is 1.31 bits per heavy atom. The lowest BCUT2D eigenvalue weighted by Crippen LogP contribution is -2.16. The summed E-state index contributed by atoms with van der Waals surface area (Å²) in [6.45, 7) is 5.64. The van der Waals surface area contributed by atoms with E-state index in [0.717, 1.165) is 16.7 Å². The number of aliphatic carboxylic acids is 1. The Kier molecular flexibility index (Phi) is 3.93. The van der Waals surface area contributed by atoms with Gasteiger partial charge in [-0.25, -0.2) is 0 Å². The van der Waals surface area contributed by atoms with Gasteiger partial charge in [0.2, 0.25) is 0 Å². The maximum absolute atomic E-state index is 10.9. The molecule has 0 spiro atoms. The number of carboxylic acid groups (broad SMARTS) is 1. The second-order valence-corrected chi connectivity index (χ2v) is 4.14. The van der Waals surface area contributed by atoms with Crippen LogP contribution in [0.3, 0.4) is 0 Å². The van der Waals surface area contributed by atoms with Crippen molar-refractivity contribution in [3.63, 3.8) is 0 Å². The molecule has 2 N–H and O–H groups in total. The highest BCUT2D eigenvalue weighted by Gasteiger charge is 2.17. The molecular formula is C13H18O3. The number of aromatic hydroxyl groups is 1. The van der Waals surface area contributed by atoms with Crippen LogP contribution in [0.2, 0.25) is 0 Å². The van der Waals surface area contributed by atoms with Crippen molar-refractivity contribution in [2.45, 2.75) is 33.6 Å². The quantitative estimate of drug-likeness (QED) is 0.823. The third-order valence-corrected chi connectivity index (χ3v) is 3.18. The van der Waals surface area contributed by atoms with E-state index in [1.165, 1.54) is 0 Å². The van der Waals surface area contributed by atoms with Gasteiger partial charge in [0.15, 0.2) is 0 Å². The molecule has 0 aliphatic heterocycles. The van der Waals surface area contributed by atoms with Crippen LogP contribution < -0.4 is 0 Å². The van der Waals surface area contributed by atoms with Crippen molar-refractivity contribution in [1.82, 2.24) is 0 Å². The van der Waals surface area contributed by atoms with E-state index in [1.54, 1.807) is 6.07 Å². The van der Waals surface area contributed by atoms with Crippen molar-refractivity contribution >= 4 is 5.97 Å². The van der Waals surface area contributed by atoms with E-state index < -0.39 is 5.97 Å². The molecule has 3 nitrogen and oxygen atoms in total. The van der Waals surface area contributed by atoms with E-state index in [-0.39, 0.29) is 11.7 Å². The van der Waals surface area contributed by atoms with Crippen molar-refractivity contribution in [3.05, 3.63) is 28.8 Å². The fraction of sp³-hybridized carbons (Fsp3) is 0.462. The van der Waals surface area contributed by atoms with Crippen molar-refractivity contribution < 1.29 is 15.0 Å². The molecule has 0 saturated carbocycles. The molecule has 0 aromatic heterocycles. The predicted molar refractivity (Wildman–Crippen MR) is 62.7 cm³/mol. The topological polar surface area (TPSA) is 57.5 Å². The van der Waals surface area contributed by atoms with Crippen LogP contribution in [-0.2, 0) is 11.2 Å². The molecule has 1 aromatic rings. The largest absolute Gasteiger partial charge is 0.508 e. The van der Waals surface area contributed by atoms with Crippen LogP contribution in [0.4, 0.5) is 0 Å². The summed E-state index contributed by atoms with van der Waals surface area (Å²) >= 11 is 0. The molecule has 0 saturated heterocycles. The SMILES string of the molecule is CCC(Cc1ccc(O)c(C)c1C)C(=O)O. The third kappa shape index (κ3) is 2.54. The molecule has 0 aliphatic rings. The summed E-state index contributed by atoms with van der Waals surface area (Å²) in [5, 5.41) is 18.5. The number of carbonyl (C=O) groups is 1. The minimum Gasteiger partial charge on any atom is -0.508 e. The molecular weight excluding hydrogens is 204 g/mol. The Morgan fingerprint density at radius 3 is 2.44 bits per heavy atom. The molecule has 88 valence electrons. The lowest BCUT2D eigenvalue weighted by atomic mass is 9.92. The van der Waals surface area contributed by atoms with Gasteiger partial charge in [0.05, 0.1) is 5.92 Å². The molecule has 1 atom stereocenters. The summed E-state index contributed by atoms with van der Waals surface area (Å²) in [7, 11) is 0. The van der Waals surface area contributed by atoms with E-state index in [0.29, 0.717) is 12.8 Å². The molecule has 0 radical (unpaired) electrons. The first-order valence-electron chi connectivity index (χ1n) is 5.48. The minimum absolute atomic E-state index is 0.268. The fourth-order valence-corrected chi connectivity index (χ4v) is 1.76. The van der Waals surface area contributed by atoms with Crippen LogP contribution in [0.25, 0.3) is 0 Å². The zero-order valence-electron chi connectivity index (χ0n) is 9.95. The average molecular weight is 222 g/mol. The Morgan fingerprint density at radius 2 is 1.94 bits per heavy atom. The number of benzene rings is 1. The van der Waals surface area contributed by atoms with Gasteiger partial charge < -0.3 is 10.2 Å². The number of rotatable bonds is 4. The number of carboxylic acids is 1. The Balaban J connectivity index is 2.97. The van der Waals surface area contributed by atoms with Gasteiger partial charge in [-0.15, -0.1) is 0 Å². The maximum atomic E-state index is 10.9. The van der Waals surface area contributed by atoms with E-state index in [1.807, 2.05) is 26.8 Å². The molecule has 0 fully saturated rings. The summed E-state index contributed by atoms with van der Waals surface area (Å²) in [6.07, 6.45) is 1.15. The van der Waals surface area contributed by atoms with Gasteiger partial charge in [0, 0.05) is 0 Å². The fourth-order valence-electron chi connectivity index (χ4n) is 1.76. The van der Waals surface area contributed by atoms with Gasteiger partial charge in [-0.3, -0.25) is 4.79 Å². The Hall–Kier alpha value is -1.51. The summed E-state index contributed by atoms with van der Waals surface area (Å²) in [5.74, 6) is -0.833. The van der Waals surface area contributed by atoms with Crippen LogP contribution in [-0.4, -0.2) is 16.2 Å². The average Bonchev–Trinajstić information content (AvgIpc) is 2.25. The van der Waals surface area contributed by atoms with E-state index in [4.69, 9.17) is 5.11 Å². The summed E-state index contributed by atoms with van der Waals surface area (Å²) < 4.78 is 0. The Labute approximate surface area is 95.7 Å². The van der Waals surface area contributed by atoms with Crippen molar-refractivity contribution in [3.8, 4) is 5.75 Å². The summed E-state index contributed by atoms with van der Waals surface area (Å²) in [6, 6.07) is 3.44. The van der Waals surface area contributed by atoms with Gasteiger partial charge in [0.1, 0.15) is 5.75 Å². The first-order chi connectivity index (χ1) is 7.47.